The fourth-order valence-electron chi connectivity index (χ4n) is 0.995. The third-order valence-electron chi connectivity index (χ3n) is 1.76. The molecule has 0 aliphatic heterocycles. The maximum atomic E-state index is 8.64. The van der Waals surface area contributed by atoms with Gasteiger partial charge in [-0.05, 0) is 30.7 Å². The molecule has 88 valence electrons. The molecule has 0 saturated carbocycles. The van der Waals surface area contributed by atoms with E-state index in [9.17, 15) is 0 Å². The van der Waals surface area contributed by atoms with E-state index in [1.165, 1.54) is 0 Å². The molecular formula is C11H14ClNO3. The van der Waals surface area contributed by atoms with Crippen molar-refractivity contribution in [3.05, 3.63) is 29.3 Å². The molecule has 0 spiro atoms. The highest BCUT2D eigenvalue weighted by molar-refractivity contribution is 6.30. The summed E-state index contributed by atoms with van der Waals surface area (Å²) in [5, 5.41) is 12.3. The Labute approximate surface area is 99.4 Å². The Morgan fingerprint density at radius 3 is 2.62 bits per heavy atom. The van der Waals surface area contributed by atoms with Crippen LogP contribution in [0.1, 0.15) is 13.3 Å². The van der Waals surface area contributed by atoms with Gasteiger partial charge in [0.15, 0.2) is 6.61 Å². The molecule has 0 heterocycles. The van der Waals surface area contributed by atoms with E-state index in [0.717, 1.165) is 6.42 Å². The number of hydrogen-bond acceptors (Lipinski definition) is 4. The van der Waals surface area contributed by atoms with Crippen LogP contribution in [0.5, 0.6) is 5.75 Å². The van der Waals surface area contributed by atoms with Gasteiger partial charge in [0.1, 0.15) is 5.75 Å². The number of nitrogens with zero attached hydrogens (tertiary/aromatic N) is 1. The summed E-state index contributed by atoms with van der Waals surface area (Å²) in [6.45, 7) is 2.57. The van der Waals surface area contributed by atoms with E-state index < -0.39 is 0 Å². The maximum Gasteiger partial charge on any atom is 0.263 e. The number of halogens is 1. The van der Waals surface area contributed by atoms with E-state index in [0.29, 0.717) is 17.4 Å². The first-order valence-electron chi connectivity index (χ1n) is 4.98. The van der Waals surface area contributed by atoms with Crippen LogP contribution < -0.4 is 4.74 Å². The second kappa shape index (κ2) is 6.95. The lowest BCUT2D eigenvalue weighted by Gasteiger charge is -2.08. The molecule has 0 aliphatic carbocycles. The van der Waals surface area contributed by atoms with E-state index in [2.05, 4.69) is 5.16 Å². The molecule has 0 bridgehead atoms. The average molecular weight is 244 g/mol. The van der Waals surface area contributed by atoms with E-state index >= 15 is 0 Å². The van der Waals surface area contributed by atoms with Crippen LogP contribution in [-0.2, 0) is 4.74 Å². The minimum atomic E-state index is 0.0954. The van der Waals surface area contributed by atoms with Crippen molar-refractivity contribution < 1.29 is 14.7 Å². The van der Waals surface area contributed by atoms with Gasteiger partial charge in [0, 0.05) is 5.02 Å². The van der Waals surface area contributed by atoms with Crippen LogP contribution in [0, 0.1) is 0 Å². The Morgan fingerprint density at radius 2 is 2.06 bits per heavy atom. The molecule has 0 atom stereocenters. The lowest BCUT2D eigenvalue weighted by molar-refractivity contribution is 0.226. The van der Waals surface area contributed by atoms with E-state index in [1.54, 1.807) is 24.3 Å². The van der Waals surface area contributed by atoms with Crippen LogP contribution in [0.15, 0.2) is 29.4 Å². The van der Waals surface area contributed by atoms with Gasteiger partial charge in [-0.15, -0.1) is 0 Å². The van der Waals surface area contributed by atoms with Gasteiger partial charge in [-0.1, -0.05) is 23.7 Å². The molecule has 1 N–H and O–H groups in total. The van der Waals surface area contributed by atoms with E-state index in [1.807, 2.05) is 6.92 Å². The summed E-state index contributed by atoms with van der Waals surface area (Å²) >= 11 is 5.73. The van der Waals surface area contributed by atoms with Crippen molar-refractivity contribution in [3.63, 3.8) is 0 Å². The predicted molar refractivity (Wildman–Crippen MR) is 62.4 cm³/mol. The molecule has 0 radical (unpaired) electrons. The standard InChI is InChI=1S/C11H14ClNO3/c1-2-7-15-11(13-14)8-16-10-5-3-9(12)4-6-10/h3-6,14H,2,7-8H2,1H3. The van der Waals surface area contributed by atoms with Gasteiger partial charge in [-0.3, -0.25) is 0 Å². The van der Waals surface area contributed by atoms with Crippen LogP contribution in [0.2, 0.25) is 5.02 Å². The molecule has 0 fully saturated rings. The van der Waals surface area contributed by atoms with Crippen molar-refractivity contribution >= 4 is 17.5 Å². The molecule has 1 rings (SSSR count). The van der Waals surface area contributed by atoms with E-state index in [4.69, 9.17) is 26.3 Å². The number of hydrogen-bond donors (Lipinski definition) is 1. The molecule has 0 saturated heterocycles. The lowest BCUT2D eigenvalue weighted by atomic mass is 10.3. The van der Waals surface area contributed by atoms with Crippen LogP contribution in [0.3, 0.4) is 0 Å². The van der Waals surface area contributed by atoms with E-state index in [-0.39, 0.29) is 12.5 Å². The van der Waals surface area contributed by atoms with Gasteiger partial charge in [-0.2, -0.15) is 0 Å². The highest BCUT2D eigenvalue weighted by atomic mass is 35.5. The highest BCUT2D eigenvalue weighted by Gasteiger charge is 2.02. The number of ether oxygens (including phenoxy) is 2. The summed E-state index contributed by atoms with van der Waals surface area (Å²) < 4.78 is 10.5. The fraction of sp³-hybridized carbons (Fsp3) is 0.364. The van der Waals surface area contributed by atoms with Gasteiger partial charge in [-0.25, -0.2) is 0 Å². The fourth-order valence-corrected chi connectivity index (χ4v) is 1.12. The molecule has 5 heteroatoms. The number of oxime groups is 1. The van der Waals surface area contributed by atoms with Gasteiger partial charge in [0.2, 0.25) is 0 Å². The first kappa shape index (κ1) is 12.6. The minimum Gasteiger partial charge on any atom is -0.484 e. The van der Waals surface area contributed by atoms with Crippen molar-refractivity contribution in [1.29, 1.82) is 0 Å². The van der Waals surface area contributed by atoms with Crippen molar-refractivity contribution in [1.82, 2.24) is 0 Å². The van der Waals surface area contributed by atoms with Crippen molar-refractivity contribution in [3.8, 4) is 5.75 Å². The number of rotatable bonds is 5. The second-order valence-electron chi connectivity index (χ2n) is 3.08. The van der Waals surface area contributed by atoms with Gasteiger partial charge >= 0.3 is 0 Å². The molecule has 0 amide bonds. The van der Waals surface area contributed by atoms with Crippen LogP contribution in [-0.4, -0.2) is 24.3 Å². The Hall–Kier alpha value is -1.42. The molecular weight excluding hydrogens is 230 g/mol. The Balaban J connectivity index is 2.40. The van der Waals surface area contributed by atoms with Crippen molar-refractivity contribution in [2.45, 2.75) is 13.3 Å². The normalized spacial score (nSPS) is 11.2. The zero-order valence-electron chi connectivity index (χ0n) is 9.02. The average Bonchev–Trinajstić information content (AvgIpc) is 2.32. The molecule has 16 heavy (non-hydrogen) atoms. The molecule has 0 aliphatic rings. The largest absolute Gasteiger partial charge is 0.484 e. The van der Waals surface area contributed by atoms with Crippen LogP contribution in [0.4, 0.5) is 0 Å². The molecule has 0 unspecified atom stereocenters. The van der Waals surface area contributed by atoms with Crippen molar-refractivity contribution in [2.75, 3.05) is 13.2 Å². The van der Waals surface area contributed by atoms with Crippen molar-refractivity contribution in [2.24, 2.45) is 5.16 Å². The zero-order chi connectivity index (χ0) is 11.8. The smallest absolute Gasteiger partial charge is 0.263 e. The highest BCUT2D eigenvalue weighted by Crippen LogP contribution is 2.15. The van der Waals surface area contributed by atoms with Crippen LogP contribution in [0.25, 0.3) is 0 Å². The first-order valence-corrected chi connectivity index (χ1v) is 5.36. The SMILES string of the molecule is CCCOC(COc1ccc(Cl)cc1)=NO. The van der Waals surface area contributed by atoms with Crippen LogP contribution >= 0.6 is 11.6 Å². The topological polar surface area (TPSA) is 51.0 Å². The molecule has 1 aromatic rings. The summed E-state index contributed by atoms with van der Waals surface area (Å²) in [7, 11) is 0. The molecule has 1 aromatic carbocycles. The van der Waals surface area contributed by atoms with Gasteiger partial charge in [0.25, 0.3) is 5.90 Å². The third kappa shape index (κ3) is 4.40. The Kier molecular flexibility index (Phi) is 5.50. The summed E-state index contributed by atoms with van der Waals surface area (Å²) in [6.07, 6.45) is 0.847. The second-order valence-corrected chi connectivity index (χ2v) is 3.52. The Bertz CT molecular complexity index is 338. The molecule has 0 aromatic heterocycles. The first-order chi connectivity index (χ1) is 7.76. The summed E-state index contributed by atoms with van der Waals surface area (Å²) in [6, 6.07) is 6.91. The summed E-state index contributed by atoms with van der Waals surface area (Å²) in [4.78, 5) is 0. The third-order valence-corrected chi connectivity index (χ3v) is 2.01. The zero-order valence-corrected chi connectivity index (χ0v) is 9.78. The lowest BCUT2D eigenvalue weighted by Crippen LogP contribution is -2.15. The number of benzene rings is 1. The monoisotopic (exact) mass is 243 g/mol. The Morgan fingerprint density at radius 1 is 1.38 bits per heavy atom. The molecule has 4 nitrogen and oxygen atoms in total. The quantitative estimate of drug-likeness (QED) is 0.374. The summed E-state index contributed by atoms with van der Waals surface area (Å²) in [5.41, 5.74) is 0. The predicted octanol–water partition coefficient (Wildman–Crippen LogP) is 2.93. The van der Waals surface area contributed by atoms with Gasteiger partial charge in [0.05, 0.1) is 6.61 Å². The summed E-state index contributed by atoms with van der Waals surface area (Å²) in [5.74, 6) is 0.808. The maximum absolute atomic E-state index is 8.64. The minimum absolute atomic E-state index is 0.0954. The van der Waals surface area contributed by atoms with Gasteiger partial charge < -0.3 is 14.7 Å².